The molecule has 1 aliphatic carbocycles. The van der Waals surface area contributed by atoms with Crippen molar-refractivity contribution in [1.82, 2.24) is 14.8 Å². The van der Waals surface area contributed by atoms with Gasteiger partial charge in [0.05, 0.1) is 17.9 Å². The van der Waals surface area contributed by atoms with Gasteiger partial charge in [0.25, 0.3) is 0 Å². The van der Waals surface area contributed by atoms with Gasteiger partial charge in [0.2, 0.25) is 5.91 Å². The minimum absolute atomic E-state index is 0.000553. The predicted octanol–water partition coefficient (Wildman–Crippen LogP) is 5.86. The fourth-order valence-electron chi connectivity index (χ4n) is 5.00. The maximum atomic E-state index is 13.2. The zero-order valence-corrected chi connectivity index (χ0v) is 21.7. The zero-order chi connectivity index (χ0) is 25.2. The van der Waals surface area contributed by atoms with Crippen molar-refractivity contribution >= 4 is 39.2 Å². The molecule has 0 radical (unpaired) electrons. The molecule has 0 aliphatic heterocycles. The molecular weight excluding hydrogens is 472 g/mol. The number of nitrogens with zero attached hydrogens (tertiary/aromatic N) is 3. The molecule has 5 rings (SSSR count). The minimum Gasteiger partial charge on any atom is -0.462 e. The number of fused-ring (bicyclic) bond motifs is 2. The number of carbonyl (C=O) groups excluding carboxylic acids is 2. The predicted molar refractivity (Wildman–Crippen MR) is 143 cm³/mol. The van der Waals surface area contributed by atoms with Gasteiger partial charge in [-0.05, 0) is 69.2 Å². The molecule has 0 fully saturated rings. The van der Waals surface area contributed by atoms with Crippen LogP contribution < -0.4 is 5.32 Å². The Kier molecular flexibility index (Phi) is 6.87. The van der Waals surface area contributed by atoms with Crippen LogP contribution in [-0.4, -0.2) is 33.2 Å². The number of aryl methyl sites for hydroxylation is 3. The summed E-state index contributed by atoms with van der Waals surface area (Å²) < 4.78 is 6.99. The van der Waals surface area contributed by atoms with Gasteiger partial charge in [-0.2, -0.15) is 5.10 Å². The molecule has 3 aromatic heterocycles. The molecule has 1 aromatic carbocycles. The summed E-state index contributed by atoms with van der Waals surface area (Å²) in [6.07, 6.45) is 6.80. The Balaban J connectivity index is 1.45. The number of esters is 1. The highest BCUT2D eigenvalue weighted by Crippen LogP contribution is 2.38. The largest absolute Gasteiger partial charge is 0.462 e. The highest BCUT2D eigenvalue weighted by molar-refractivity contribution is 7.17. The number of carbonyl (C=O) groups is 2. The number of rotatable bonds is 6. The van der Waals surface area contributed by atoms with Gasteiger partial charge in [-0.3, -0.25) is 4.79 Å². The Morgan fingerprint density at radius 2 is 1.97 bits per heavy atom. The molecular formula is C28H30N4O3S. The van der Waals surface area contributed by atoms with Crippen LogP contribution in [0, 0.1) is 13.8 Å². The standard InChI is InChI=1S/C28H30N4O3S/c1-4-35-28(34)25-21-11-6-5-7-12-22(21)36-27(25)30-23(33)16-32-26-24(18(3)31-32)20(13-14-29-26)19-10-8-9-17(2)15-19/h8-10,13-15H,4-7,11-12,16H2,1-3H3,(H,30,33). The fourth-order valence-corrected chi connectivity index (χ4v) is 6.29. The quantitative estimate of drug-likeness (QED) is 0.264. The van der Waals surface area contributed by atoms with Crippen molar-refractivity contribution in [2.45, 2.75) is 59.4 Å². The highest BCUT2D eigenvalue weighted by Gasteiger charge is 2.27. The molecule has 0 bridgehead atoms. The lowest BCUT2D eigenvalue weighted by Gasteiger charge is -2.09. The van der Waals surface area contributed by atoms with E-state index in [1.165, 1.54) is 21.8 Å². The first-order valence-corrected chi connectivity index (χ1v) is 13.3. The van der Waals surface area contributed by atoms with Crippen LogP contribution in [0.3, 0.4) is 0 Å². The van der Waals surface area contributed by atoms with E-state index < -0.39 is 0 Å². The summed E-state index contributed by atoms with van der Waals surface area (Å²) in [4.78, 5) is 31.8. The van der Waals surface area contributed by atoms with E-state index in [9.17, 15) is 9.59 Å². The molecule has 7 nitrogen and oxygen atoms in total. The maximum Gasteiger partial charge on any atom is 0.341 e. The first kappa shape index (κ1) is 24.2. The lowest BCUT2D eigenvalue weighted by molar-refractivity contribution is -0.116. The summed E-state index contributed by atoms with van der Waals surface area (Å²) in [7, 11) is 0. The number of pyridine rings is 1. The monoisotopic (exact) mass is 502 g/mol. The average molecular weight is 503 g/mol. The second kappa shape index (κ2) is 10.2. The van der Waals surface area contributed by atoms with Crippen LogP contribution in [0.15, 0.2) is 36.5 Å². The summed E-state index contributed by atoms with van der Waals surface area (Å²) in [6, 6.07) is 10.3. The molecule has 8 heteroatoms. The Hall–Kier alpha value is -3.52. The van der Waals surface area contributed by atoms with Crippen molar-refractivity contribution in [3.63, 3.8) is 0 Å². The van der Waals surface area contributed by atoms with E-state index in [0.717, 1.165) is 59.9 Å². The number of aromatic nitrogens is 3. The van der Waals surface area contributed by atoms with Crippen molar-refractivity contribution in [2.24, 2.45) is 0 Å². The van der Waals surface area contributed by atoms with Crippen LogP contribution in [0.5, 0.6) is 0 Å². The molecule has 0 unspecified atom stereocenters. The van der Waals surface area contributed by atoms with Gasteiger partial charge in [-0.25, -0.2) is 14.5 Å². The molecule has 0 saturated carbocycles. The zero-order valence-electron chi connectivity index (χ0n) is 20.9. The smallest absolute Gasteiger partial charge is 0.341 e. The molecule has 1 N–H and O–H groups in total. The van der Waals surface area contributed by atoms with Gasteiger partial charge in [0.1, 0.15) is 11.5 Å². The molecule has 0 saturated heterocycles. The molecule has 36 heavy (non-hydrogen) atoms. The number of thiophene rings is 1. The number of anilines is 1. The summed E-state index contributed by atoms with van der Waals surface area (Å²) in [5, 5.41) is 9.16. The second-order valence-corrected chi connectivity index (χ2v) is 10.3. The minimum atomic E-state index is -0.364. The van der Waals surface area contributed by atoms with Gasteiger partial charge in [0, 0.05) is 16.5 Å². The van der Waals surface area contributed by atoms with E-state index in [0.29, 0.717) is 22.8 Å². The van der Waals surface area contributed by atoms with E-state index in [2.05, 4.69) is 40.5 Å². The van der Waals surface area contributed by atoms with Crippen molar-refractivity contribution in [3.05, 3.63) is 63.8 Å². The van der Waals surface area contributed by atoms with Gasteiger partial charge in [-0.1, -0.05) is 36.2 Å². The third-order valence-corrected chi connectivity index (χ3v) is 7.79. The van der Waals surface area contributed by atoms with Crippen molar-refractivity contribution in [1.29, 1.82) is 0 Å². The Morgan fingerprint density at radius 3 is 2.78 bits per heavy atom. The summed E-state index contributed by atoms with van der Waals surface area (Å²) in [5.41, 5.74) is 6.35. The van der Waals surface area contributed by atoms with E-state index in [1.807, 2.05) is 19.1 Å². The Labute approximate surface area is 214 Å². The normalized spacial score (nSPS) is 13.3. The molecule has 1 aliphatic rings. The van der Waals surface area contributed by atoms with Crippen LogP contribution in [-0.2, 0) is 28.9 Å². The third-order valence-electron chi connectivity index (χ3n) is 6.58. The lowest BCUT2D eigenvalue weighted by Crippen LogP contribution is -2.21. The van der Waals surface area contributed by atoms with Gasteiger partial charge in [-0.15, -0.1) is 11.3 Å². The summed E-state index contributed by atoms with van der Waals surface area (Å²) in [6.45, 7) is 6.10. The SMILES string of the molecule is CCOC(=O)c1c(NC(=O)Cn2nc(C)c3c(-c4cccc(C)c4)ccnc32)sc2c1CCCCC2. The molecule has 3 heterocycles. The van der Waals surface area contributed by atoms with E-state index >= 15 is 0 Å². The third kappa shape index (κ3) is 4.65. The van der Waals surface area contributed by atoms with Crippen molar-refractivity contribution in [2.75, 3.05) is 11.9 Å². The lowest BCUT2D eigenvalue weighted by atomic mass is 10.0. The average Bonchev–Trinajstić information content (AvgIpc) is 3.25. The first-order valence-electron chi connectivity index (χ1n) is 12.5. The van der Waals surface area contributed by atoms with Gasteiger partial charge >= 0.3 is 5.97 Å². The Morgan fingerprint density at radius 1 is 1.14 bits per heavy atom. The van der Waals surface area contributed by atoms with Crippen LogP contribution in [0.2, 0.25) is 0 Å². The summed E-state index contributed by atoms with van der Waals surface area (Å²) in [5.74, 6) is -0.610. The van der Waals surface area contributed by atoms with Crippen LogP contribution in [0.1, 0.15) is 58.2 Å². The number of hydrogen-bond acceptors (Lipinski definition) is 6. The number of nitrogens with one attached hydrogen (secondary N) is 1. The van der Waals surface area contributed by atoms with Crippen LogP contribution in [0.4, 0.5) is 5.00 Å². The fraction of sp³-hybridized carbons (Fsp3) is 0.357. The number of amides is 1. The van der Waals surface area contributed by atoms with Crippen molar-refractivity contribution in [3.8, 4) is 11.1 Å². The number of benzene rings is 1. The van der Waals surface area contributed by atoms with Crippen LogP contribution in [0.25, 0.3) is 22.2 Å². The van der Waals surface area contributed by atoms with Crippen molar-refractivity contribution < 1.29 is 14.3 Å². The van der Waals surface area contributed by atoms with E-state index in [4.69, 9.17) is 4.74 Å². The molecule has 1 amide bonds. The van der Waals surface area contributed by atoms with Crippen LogP contribution >= 0.6 is 11.3 Å². The highest BCUT2D eigenvalue weighted by atomic mass is 32.1. The summed E-state index contributed by atoms with van der Waals surface area (Å²) >= 11 is 1.50. The Bertz CT molecular complexity index is 1450. The maximum absolute atomic E-state index is 13.2. The topological polar surface area (TPSA) is 86.1 Å². The number of hydrogen-bond donors (Lipinski definition) is 1. The molecule has 186 valence electrons. The molecule has 4 aromatic rings. The molecule has 0 atom stereocenters. The number of ether oxygens (including phenoxy) is 1. The second-order valence-electron chi connectivity index (χ2n) is 9.21. The van der Waals surface area contributed by atoms with E-state index in [-0.39, 0.29) is 18.4 Å². The first-order chi connectivity index (χ1) is 17.5. The van der Waals surface area contributed by atoms with E-state index in [1.54, 1.807) is 17.8 Å². The molecule has 0 spiro atoms. The van der Waals surface area contributed by atoms with Gasteiger partial charge in [0.15, 0.2) is 5.65 Å². The van der Waals surface area contributed by atoms with Gasteiger partial charge < -0.3 is 10.1 Å².